The van der Waals surface area contributed by atoms with Crippen LogP contribution in [0.25, 0.3) is 0 Å². The first-order valence-corrected chi connectivity index (χ1v) is 8.48. The molecule has 0 bridgehead atoms. The number of carbonyl (C=O) groups is 2. The minimum absolute atomic E-state index is 0.0597. The smallest absolute Gasteiger partial charge is 0.422 e. The fourth-order valence-corrected chi connectivity index (χ4v) is 2.22. The highest BCUT2D eigenvalue weighted by Gasteiger charge is 2.28. The molecule has 1 amide bonds. The van der Waals surface area contributed by atoms with E-state index in [2.05, 4.69) is 25.2 Å². The Labute approximate surface area is 159 Å². The molecule has 28 heavy (non-hydrogen) atoms. The third-order valence-corrected chi connectivity index (χ3v) is 3.72. The number of ether oxygens (including phenoxy) is 1. The molecule has 1 unspecified atom stereocenters. The maximum atomic E-state index is 12.3. The number of rotatable bonds is 8. The fourth-order valence-electron chi connectivity index (χ4n) is 2.22. The molecule has 2 heterocycles. The van der Waals surface area contributed by atoms with Crippen LogP contribution in [0.3, 0.4) is 0 Å². The van der Waals surface area contributed by atoms with E-state index in [0.717, 1.165) is 11.6 Å². The number of carbonyl (C=O) groups excluding carboxylic acids is 2. The number of Topliss-reactive ketones (excluding diaryl/α,β-unsaturated/α-hetero) is 1. The van der Waals surface area contributed by atoms with Crippen molar-refractivity contribution in [2.45, 2.75) is 38.9 Å². The molecule has 0 aromatic carbocycles. The second kappa shape index (κ2) is 9.25. The molecule has 2 aromatic heterocycles. The minimum Gasteiger partial charge on any atom is -0.467 e. The summed E-state index contributed by atoms with van der Waals surface area (Å²) in [7, 11) is 0. The topological polar surface area (TPSA) is 94.1 Å². The van der Waals surface area contributed by atoms with Crippen molar-refractivity contribution in [3.63, 3.8) is 0 Å². The average molecular weight is 396 g/mol. The maximum Gasteiger partial charge on any atom is 0.422 e. The van der Waals surface area contributed by atoms with Gasteiger partial charge in [-0.15, -0.1) is 10.2 Å². The summed E-state index contributed by atoms with van der Waals surface area (Å²) in [4.78, 5) is 28.0. The number of hydrogen-bond donors (Lipinski definition) is 1. The van der Waals surface area contributed by atoms with Crippen LogP contribution in [0, 0.1) is 0 Å². The summed E-state index contributed by atoms with van der Waals surface area (Å²) in [5.41, 5.74) is 1.29. The Bertz CT molecular complexity index is 826. The van der Waals surface area contributed by atoms with Crippen molar-refractivity contribution in [2.75, 3.05) is 6.61 Å². The Kier molecular flexibility index (Phi) is 7.02. The molecule has 2 rings (SSSR count). The lowest BCUT2D eigenvalue weighted by atomic mass is 10.1. The van der Waals surface area contributed by atoms with Gasteiger partial charge >= 0.3 is 6.18 Å². The van der Waals surface area contributed by atoms with Crippen LogP contribution in [0.4, 0.5) is 13.2 Å². The Balaban J connectivity index is 1.98. The monoisotopic (exact) mass is 396 g/mol. The molecule has 1 atom stereocenters. The standard InChI is InChI=1S/C18H19F3N4O3/c1-3-14(26)9-13-8-12(6-7-22-13)11(2)23-17(27)15-4-5-16(25-24-15)28-10-18(19,20)21/h4-8,11H,3,9-10H2,1-2H3,(H,23,27). The fraction of sp³-hybridized carbons (Fsp3) is 0.389. The molecule has 150 valence electrons. The predicted octanol–water partition coefficient (Wildman–Crippen LogP) is 2.83. The highest BCUT2D eigenvalue weighted by atomic mass is 19.4. The highest BCUT2D eigenvalue weighted by Crippen LogP contribution is 2.17. The Morgan fingerprint density at radius 3 is 2.57 bits per heavy atom. The number of ketones is 1. The maximum absolute atomic E-state index is 12.3. The van der Waals surface area contributed by atoms with Crippen LogP contribution in [0.2, 0.25) is 0 Å². The molecule has 0 saturated heterocycles. The number of amides is 1. The molecule has 0 radical (unpaired) electrons. The van der Waals surface area contributed by atoms with E-state index in [9.17, 15) is 22.8 Å². The molecule has 1 N–H and O–H groups in total. The molecule has 0 aliphatic rings. The van der Waals surface area contributed by atoms with E-state index in [4.69, 9.17) is 0 Å². The van der Waals surface area contributed by atoms with Gasteiger partial charge in [0.25, 0.3) is 5.91 Å². The molecule has 2 aromatic rings. The van der Waals surface area contributed by atoms with Gasteiger partial charge in [0.1, 0.15) is 5.78 Å². The van der Waals surface area contributed by atoms with Crippen molar-refractivity contribution in [2.24, 2.45) is 0 Å². The Hall–Kier alpha value is -3.04. The van der Waals surface area contributed by atoms with Gasteiger partial charge in [0.2, 0.25) is 5.88 Å². The zero-order valence-corrected chi connectivity index (χ0v) is 15.3. The van der Waals surface area contributed by atoms with Crippen molar-refractivity contribution in [3.05, 3.63) is 47.4 Å². The van der Waals surface area contributed by atoms with Crippen LogP contribution in [0.15, 0.2) is 30.5 Å². The minimum atomic E-state index is -4.49. The first-order chi connectivity index (χ1) is 13.2. The molecular formula is C18H19F3N4O3. The second-order valence-electron chi connectivity index (χ2n) is 6.01. The predicted molar refractivity (Wildman–Crippen MR) is 92.7 cm³/mol. The third-order valence-electron chi connectivity index (χ3n) is 3.72. The summed E-state index contributed by atoms with van der Waals surface area (Å²) < 4.78 is 40.8. The summed E-state index contributed by atoms with van der Waals surface area (Å²) in [6.07, 6.45) is -2.30. The lowest BCUT2D eigenvalue weighted by molar-refractivity contribution is -0.154. The zero-order chi connectivity index (χ0) is 20.7. The molecule has 0 spiro atoms. The van der Waals surface area contributed by atoms with Crippen molar-refractivity contribution in [1.29, 1.82) is 0 Å². The SMILES string of the molecule is CCC(=O)Cc1cc(C(C)NC(=O)c2ccc(OCC(F)(F)F)nn2)ccn1. The molecule has 0 aliphatic heterocycles. The van der Waals surface area contributed by atoms with Crippen LogP contribution >= 0.6 is 0 Å². The summed E-state index contributed by atoms with van der Waals surface area (Å²) in [6.45, 7) is 2.03. The van der Waals surface area contributed by atoms with Crippen LogP contribution < -0.4 is 10.1 Å². The number of halogens is 3. The van der Waals surface area contributed by atoms with Gasteiger partial charge in [-0.2, -0.15) is 13.2 Å². The van der Waals surface area contributed by atoms with Gasteiger partial charge in [0.05, 0.1) is 6.04 Å². The van der Waals surface area contributed by atoms with Crippen LogP contribution in [0.1, 0.15) is 48.1 Å². The van der Waals surface area contributed by atoms with Crippen molar-refractivity contribution in [3.8, 4) is 5.88 Å². The molecule has 0 saturated carbocycles. The van der Waals surface area contributed by atoms with E-state index in [0.29, 0.717) is 12.1 Å². The van der Waals surface area contributed by atoms with Crippen molar-refractivity contribution in [1.82, 2.24) is 20.5 Å². The first-order valence-electron chi connectivity index (χ1n) is 8.48. The lowest BCUT2D eigenvalue weighted by Crippen LogP contribution is -2.28. The number of pyridine rings is 1. The number of nitrogens with zero attached hydrogens (tertiary/aromatic N) is 3. The van der Waals surface area contributed by atoms with Gasteiger partial charge in [-0.3, -0.25) is 14.6 Å². The van der Waals surface area contributed by atoms with Gasteiger partial charge in [0.15, 0.2) is 12.3 Å². The van der Waals surface area contributed by atoms with Gasteiger partial charge in [-0.1, -0.05) is 6.92 Å². The largest absolute Gasteiger partial charge is 0.467 e. The Morgan fingerprint density at radius 2 is 1.96 bits per heavy atom. The Morgan fingerprint density at radius 1 is 1.21 bits per heavy atom. The van der Waals surface area contributed by atoms with Crippen LogP contribution in [0.5, 0.6) is 5.88 Å². The van der Waals surface area contributed by atoms with E-state index >= 15 is 0 Å². The van der Waals surface area contributed by atoms with Gasteiger partial charge < -0.3 is 10.1 Å². The number of aromatic nitrogens is 3. The summed E-state index contributed by atoms with van der Waals surface area (Å²) in [6, 6.07) is 5.40. The van der Waals surface area contributed by atoms with Gasteiger partial charge in [-0.05, 0) is 30.7 Å². The zero-order valence-electron chi connectivity index (χ0n) is 15.3. The van der Waals surface area contributed by atoms with E-state index in [1.807, 2.05) is 0 Å². The summed E-state index contributed by atoms with van der Waals surface area (Å²) >= 11 is 0. The number of hydrogen-bond acceptors (Lipinski definition) is 6. The van der Waals surface area contributed by atoms with Crippen molar-refractivity contribution < 1.29 is 27.5 Å². The molecule has 0 fully saturated rings. The van der Waals surface area contributed by atoms with E-state index < -0.39 is 24.7 Å². The van der Waals surface area contributed by atoms with Crippen LogP contribution in [-0.4, -0.2) is 39.7 Å². The summed E-state index contributed by atoms with van der Waals surface area (Å²) in [5, 5.41) is 9.75. The summed E-state index contributed by atoms with van der Waals surface area (Å²) in [5.74, 6) is -0.823. The molecule has 7 nitrogen and oxygen atoms in total. The van der Waals surface area contributed by atoms with Crippen LogP contribution in [-0.2, 0) is 11.2 Å². The quantitative estimate of drug-likeness (QED) is 0.737. The lowest BCUT2D eigenvalue weighted by Gasteiger charge is -2.15. The number of alkyl halides is 3. The molecular weight excluding hydrogens is 377 g/mol. The van der Waals surface area contributed by atoms with E-state index in [-0.39, 0.29) is 23.8 Å². The van der Waals surface area contributed by atoms with E-state index in [1.165, 1.54) is 6.07 Å². The normalized spacial score (nSPS) is 12.3. The molecule has 0 aliphatic carbocycles. The highest BCUT2D eigenvalue weighted by molar-refractivity contribution is 5.92. The first kappa shape index (κ1) is 21.3. The molecule has 10 heteroatoms. The van der Waals surface area contributed by atoms with Crippen molar-refractivity contribution >= 4 is 11.7 Å². The van der Waals surface area contributed by atoms with Gasteiger partial charge in [-0.25, -0.2) is 0 Å². The average Bonchev–Trinajstić information content (AvgIpc) is 2.66. The van der Waals surface area contributed by atoms with E-state index in [1.54, 1.807) is 32.2 Å². The third kappa shape index (κ3) is 6.60. The number of nitrogens with one attached hydrogen (secondary N) is 1. The second-order valence-corrected chi connectivity index (χ2v) is 6.01. The van der Waals surface area contributed by atoms with Gasteiger partial charge in [0, 0.05) is 30.8 Å².